The molecule has 4 heteroatoms. The van der Waals surface area contributed by atoms with Crippen LogP contribution in [0.3, 0.4) is 0 Å². The van der Waals surface area contributed by atoms with Crippen LogP contribution in [0.5, 0.6) is 0 Å². The third-order valence-electron chi connectivity index (χ3n) is 2.38. The minimum atomic E-state index is -1.43. The van der Waals surface area contributed by atoms with Crippen molar-refractivity contribution < 1.29 is 10.0 Å². The second-order valence-corrected chi connectivity index (χ2v) is 4.33. The molecule has 2 aromatic rings. The highest BCUT2D eigenvalue weighted by Gasteiger charge is 2.12. The van der Waals surface area contributed by atoms with Crippen molar-refractivity contribution in [2.75, 3.05) is 0 Å². The molecule has 0 fully saturated rings. The quantitative estimate of drug-likeness (QED) is 0.822. The first-order chi connectivity index (χ1) is 7.68. The SMILES string of the molecule is OB(O)c1ccc(-c2ccccc2)c(Br)c1. The lowest BCUT2D eigenvalue weighted by molar-refractivity contribution is 0.426. The molecule has 0 unspecified atom stereocenters. The van der Waals surface area contributed by atoms with Gasteiger partial charge in [0.2, 0.25) is 0 Å². The van der Waals surface area contributed by atoms with Crippen molar-refractivity contribution in [1.29, 1.82) is 0 Å². The van der Waals surface area contributed by atoms with Crippen LogP contribution in [0.4, 0.5) is 0 Å². The second-order valence-electron chi connectivity index (χ2n) is 3.48. The minimum absolute atomic E-state index is 0.478. The zero-order chi connectivity index (χ0) is 11.5. The molecule has 0 amide bonds. The molecule has 2 nitrogen and oxygen atoms in total. The van der Waals surface area contributed by atoms with Gasteiger partial charge in [0, 0.05) is 4.47 Å². The zero-order valence-corrected chi connectivity index (χ0v) is 10.1. The maximum absolute atomic E-state index is 9.04. The van der Waals surface area contributed by atoms with Gasteiger partial charge in [0.1, 0.15) is 0 Å². The van der Waals surface area contributed by atoms with E-state index in [-0.39, 0.29) is 0 Å². The van der Waals surface area contributed by atoms with E-state index < -0.39 is 7.12 Å². The summed E-state index contributed by atoms with van der Waals surface area (Å²) in [7, 11) is -1.43. The normalized spacial score (nSPS) is 10.2. The van der Waals surface area contributed by atoms with Gasteiger partial charge in [-0.1, -0.05) is 58.4 Å². The third kappa shape index (κ3) is 2.35. The van der Waals surface area contributed by atoms with E-state index in [0.717, 1.165) is 15.6 Å². The highest BCUT2D eigenvalue weighted by Crippen LogP contribution is 2.26. The van der Waals surface area contributed by atoms with Crippen LogP contribution < -0.4 is 5.46 Å². The summed E-state index contributed by atoms with van der Waals surface area (Å²) >= 11 is 3.43. The van der Waals surface area contributed by atoms with Crippen molar-refractivity contribution >= 4 is 28.5 Å². The van der Waals surface area contributed by atoms with Crippen molar-refractivity contribution in [2.24, 2.45) is 0 Å². The van der Waals surface area contributed by atoms with Crippen LogP contribution in [0.25, 0.3) is 11.1 Å². The molecule has 2 aromatic carbocycles. The Morgan fingerprint density at radius 2 is 1.62 bits per heavy atom. The molecule has 0 aliphatic heterocycles. The van der Waals surface area contributed by atoms with Gasteiger partial charge in [0.05, 0.1) is 0 Å². The lowest BCUT2D eigenvalue weighted by atomic mass is 9.80. The van der Waals surface area contributed by atoms with E-state index in [1.165, 1.54) is 0 Å². The number of rotatable bonds is 2. The molecule has 0 atom stereocenters. The van der Waals surface area contributed by atoms with E-state index in [1.54, 1.807) is 12.1 Å². The van der Waals surface area contributed by atoms with Gasteiger partial charge in [-0.3, -0.25) is 0 Å². The van der Waals surface area contributed by atoms with Crippen LogP contribution >= 0.6 is 15.9 Å². The Labute approximate surface area is 103 Å². The summed E-state index contributed by atoms with van der Waals surface area (Å²) in [5.74, 6) is 0. The molecule has 0 saturated carbocycles. The standard InChI is InChI=1S/C12H10BBrO2/c14-12-8-10(13(15)16)6-7-11(12)9-4-2-1-3-5-9/h1-8,15-16H. The molecule has 0 aliphatic carbocycles. The lowest BCUT2D eigenvalue weighted by Crippen LogP contribution is -2.29. The monoisotopic (exact) mass is 276 g/mol. The Bertz CT molecular complexity index is 486. The molecule has 0 heterocycles. The van der Waals surface area contributed by atoms with E-state index in [1.807, 2.05) is 36.4 Å². The maximum Gasteiger partial charge on any atom is 0.488 e. The number of hydrogen-bond donors (Lipinski definition) is 2. The third-order valence-corrected chi connectivity index (χ3v) is 3.03. The Morgan fingerprint density at radius 3 is 2.19 bits per heavy atom. The summed E-state index contributed by atoms with van der Waals surface area (Å²) in [5.41, 5.74) is 2.60. The van der Waals surface area contributed by atoms with Gasteiger partial charge in [-0.05, 0) is 22.7 Å². The van der Waals surface area contributed by atoms with E-state index >= 15 is 0 Å². The van der Waals surface area contributed by atoms with Gasteiger partial charge >= 0.3 is 7.12 Å². The molecule has 2 N–H and O–H groups in total. The van der Waals surface area contributed by atoms with Crippen molar-refractivity contribution in [3.63, 3.8) is 0 Å². The van der Waals surface area contributed by atoms with Gasteiger partial charge in [0.25, 0.3) is 0 Å². The van der Waals surface area contributed by atoms with Crippen LogP contribution in [-0.4, -0.2) is 17.2 Å². The van der Waals surface area contributed by atoms with E-state index in [9.17, 15) is 0 Å². The van der Waals surface area contributed by atoms with Gasteiger partial charge in [0.15, 0.2) is 0 Å². The molecule has 80 valence electrons. The molecule has 0 aliphatic rings. The van der Waals surface area contributed by atoms with Crippen LogP contribution in [-0.2, 0) is 0 Å². The molecular weight excluding hydrogens is 267 g/mol. The molecule has 2 rings (SSSR count). The van der Waals surface area contributed by atoms with E-state index in [2.05, 4.69) is 15.9 Å². The molecule has 0 spiro atoms. The smallest absolute Gasteiger partial charge is 0.423 e. The molecule has 0 bridgehead atoms. The summed E-state index contributed by atoms with van der Waals surface area (Å²) < 4.78 is 0.851. The number of halogens is 1. The van der Waals surface area contributed by atoms with Crippen LogP contribution in [0.15, 0.2) is 53.0 Å². The largest absolute Gasteiger partial charge is 0.488 e. The van der Waals surface area contributed by atoms with Crippen molar-refractivity contribution in [3.05, 3.63) is 53.0 Å². The second kappa shape index (κ2) is 4.83. The summed E-state index contributed by atoms with van der Waals surface area (Å²) in [6, 6.07) is 15.2. The number of hydrogen-bond acceptors (Lipinski definition) is 2. The Morgan fingerprint density at radius 1 is 0.938 bits per heavy atom. The Hall–Kier alpha value is -1.10. The highest BCUT2D eigenvalue weighted by atomic mass is 79.9. The molecule has 0 saturated heterocycles. The molecule has 16 heavy (non-hydrogen) atoms. The summed E-state index contributed by atoms with van der Waals surface area (Å²) in [4.78, 5) is 0. The summed E-state index contributed by atoms with van der Waals surface area (Å²) in [5, 5.41) is 18.1. The maximum atomic E-state index is 9.04. The predicted octanol–water partition coefficient (Wildman–Crippen LogP) is 1.80. The Kier molecular flexibility index (Phi) is 3.44. The fourth-order valence-corrected chi connectivity index (χ4v) is 2.17. The number of benzene rings is 2. The Balaban J connectivity index is 2.45. The summed E-state index contributed by atoms with van der Waals surface area (Å²) in [6.45, 7) is 0. The zero-order valence-electron chi connectivity index (χ0n) is 8.47. The predicted molar refractivity (Wildman–Crippen MR) is 69.4 cm³/mol. The summed E-state index contributed by atoms with van der Waals surface area (Å²) in [6.07, 6.45) is 0. The highest BCUT2D eigenvalue weighted by molar-refractivity contribution is 9.10. The van der Waals surface area contributed by atoms with E-state index in [4.69, 9.17) is 10.0 Å². The average Bonchev–Trinajstić information content (AvgIpc) is 2.30. The van der Waals surface area contributed by atoms with Crippen molar-refractivity contribution in [1.82, 2.24) is 0 Å². The van der Waals surface area contributed by atoms with Gasteiger partial charge < -0.3 is 10.0 Å². The molecular formula is C12H10BBrO2. The van der Waals surface area contributed by atoms with Crippen molar-refractivity contribution in [3.8, 4) is 11.1 Å². The van der Waals surface area contributed by atoms with E-state index in [0.29, 0.717) is 5.46 Å². The van der Waals surface area contributed by atoms with Gasteiger partial charge in [-0.25, -0.2) is 0 Å². The lowest BCUT2D eigenvalue weighted by Gasteiger charge is -2.07. The minimum Gasteiger partial charge on any atom is -0.423 e. The fourth-order valence-electron chi connectivity index (χ4n) is 1.54. The average molecular weight is 277 g/mol. The van der Waals surface area contributed by atoms with Gasteiger partial charge in [-0.2, -0.15) is 0 Å². The van der Waals surface area contributed by atoms with Crippen molar-refractivity contribution in [2.45, 2.75) is 0 Å². The fraction of sp³-hybridized carbons (Fsp3) is 0. The van der Waals surface area contributed by atoms with Crippen LogP contribution in [0.1, 0.15) is 0 Å². The van der Waals surface area contributed by atoms with Crippen LogP contribution in [0.2, 0.25) is 0 Å². The van der Waals surface area contributed by atoms with Gasteiger partial charge in [-0.15, -0.1) is 0 Å². The first-order valence-corrected chi connectivity index (χ1v) is 5.69. The first kappa shape index (κ1) is 11.4. The first-order valence-electron chi connectivity index (χ1n) is 4.89. The van der Waals surface area contributed by atoms with Crippen LogP contribution in [0, 0.1) is 0 Å². The topological polar surface area (TPSA) is 40.5 Å². The molecule has 0 aromatic heterocycles. The molecule has 0 radical (unpaired) electrons.